The summed E-state index contributed by atoms with van der Waals surface area (Å²) in [5, 5.41) is 6.66. The van der Waals surface area contributed by atoms with Gasteiger partial charge in [0.1, 0.15) is 6.61 Å². The first kappa shape index (κ1) is 22.2. The van der Waals surface area contributed by atoms with Gasteiger partial charge in [-0.25, -0.2) is 9.98 Å². The number of ether oxygens (including phenoxy) is 1. The monoisotopic (exact) mass is 468 g/mol. The molecule has 0 aliphatic carbocycles. The fourth-order valence-corrected chi connectivity index (χ4v) is 2.19. The highest BCUT2D eigenvalue weighted by Crippen LogP contribution is 2.12. The zero-order valence-electron chi connectivity index (χ0n) is 15.7. The van der Waals surface area contributed by atoms with E-state index >= 15 is 0 Å². The summed E-state index contributed by atoms with van der Waals surface area (Å²) < 4.78 is 5.78. The zero-order chi connectivity index (χ0) is 17.9. The van der Waals surface area contributed by atoms with Crippen molar-refractivity contribution >= 4 is 29.9 Å². The maximum Gasteiger partial charge on any atom is 0.213 e. The Hall–Kier alpha value is -1.83. The number of nitrogens with zero attached hydrogens (tertiary/aromatic N) is 2. The molecule has 0 saturated heterocycles. The quantitative estimate of drug-likeness (QED) is 0.348. The summed E-state index contributed by atoms with van der Waals surface area (Å²) in [7, 11) is 0. The summed E-state index contributed by atoms with van der Waals surface area (Å²) in [4.78, 5) is 8.92. The normalized spacial score (nSPS) is 12.0. The first-order valence-corrected chi connectivity index (χ1v) is 8.87. The van der Waals surface area contributed by atoms with Crippen molar-refractivity contribution in [2.24, 2.45) is 4.99 Å². The smallest absolute Gasteiger partial charge is 0.213 e. The van der Waals surface area contributed by atoms with E-state index in [9.17, 15) is 0 Å². The van der Waals surface area contributed by atoms with Gasteiger partial charge in [-0.05, 0) is 37.5 Å². The lowest BCUT2D eigenvalue weighted by molar-refractivity contribution is 0.293. The number of pyridine rings is 1. The van der Waals surface area contributed by atoms with Crippen LogP contribution in [0.1, 0.15) is 38.3 Å². The summed E-state index contributed by atoms with van der Waals surface area (Å²) in [5.41, 5.74) is 2.19. The minimum Gasteiger partial charge on any atom is -0.473 e. The molecule has 0 fully saturated rings. The van der Waals surface area contributed by atoms with E-state index in [1.165, 1.54) is 0 Å². The largest absolute Gasteiger partial charge is 0.473 e. The lowest BCUT2D eigenvalue weighted by atomic mass is 10.2. The number of nitrogens with one attached hydrogen (secondary N) is 2. The molecule has 5 nitrogen and oxygen atoms in total. The molecule has 0 spiro atoms. The van der Waals surface area contributed by atoms with E-state index in [1.54, 1.807) is 6.20 Å². The van der Waals surface area contributed by atoms with Crippen LogP contribution in [0.2, 0.25) is 0 Å². The molecule has 6 heteroatoms. The predicted octanol–water partition coefficient (Wildman–Crippen LogP) is 4.13. The molecule has 1 aromatic heterocycles. The van der Waals surface area contributed by atoms with Gasteiger partial charge < -0.3 is 15.4 Å². The number of halogens is 1. The van der Waals surface area contributed by atoms with Crippen molar-refractivity contribution in [3.8, 4) is 5.88 Å². The Morgan fingerprint density at radius 2 is 1.92 bits per heavy atom. The van der Waals surface area contributed by atoms with Crippen molar-refractivity contribution in [2.45, 2.75) is 46.4 Å². The fourth-order valence-electron chi connectivity index (χ4n) is 2.19. The van der Waals surface area contributed by atoms with E-state index in [4.69, 9.17) is 4.74 Å². The van der Waals surface area contributed by atoms with Crippen LogP contribution in [0.25, 0.3) is 0 Å². The number of benzene rings is 1. The second-order valence-corrected chi connectivity index (χ2v) is 5.93. The molecule has 142 valence electrons. The lowest BCUT2D eigenvalue weighted by Gasteiger charge is -2.16. The number of hydrogen-bond acceptors (Lipinski definition) is 3. The van der Waals surface area contributed by atoms with Crippen LogP contribution in [-0.2, 0) is 13.2 Å². The third kappa shape index (κ3) is 8.03. The second kappa shape index (κ2) is 12.5. The highest BCUT2D eigenvalue weighted by Gasteiger charge is 2.03. The molecule has 1 heterocycles. The van der Waals surface area contributed by atoms with Gasteiger partial charge in [-0.1, -0.05) is 37.3 Å². The summed E-state index contributed by atoms with van der Waals surface area (Å²) in [6, 6.07) is 14.4. The molecule has 26 heavy (non-hydrogen) atoms. The third-order valence-electron chi connectivity index (χ3n) is 3.79. The Morgan fingerprint density at radius 1 is 1.15 bits per heavy atom. The van der Waals surface area contributed by atoms with Gasteiger partial charge in [0.25, 0.3) is 0 Å². The number of guanidine groups is 1. The van der Waals surface area contributed by atoms with Crippen molar-refractivity contribution in [1.82, 2.24) is 15.6 Å². The van der Waals surface area contributed by atoms with Crippen LogP contribution in [-0.4, -0.2) is 23.5 Å². The Bertz CT molecular complexity index is 664. The standard InChI is InChI=1S/C20H28N4O.HI/c1-4-16(3)24-20(21-5-2)23-14-18-11-12-22-19(13-18)25-15-17-9-7-6-8-10-17;/h6-13,16H,4-5,14-15H2,1-3H3,(H2,21,23,24);1H. The lowest BCUT2D eigenvalue weighted by Crippen LogP contribution is -2.41. The van der Waals surface area contributed by atoms with E-state index < -0.39 is 0 Å². The zero-order valence-corrected chi connectivity index (χ0v) is 18.1. The minimum absolute atomic E-state index is 0. The number of rotatable bonds is 8. The number of aliphatic imine (C=N–C) groups is 1. The van der Waals surface area contributed by atoms with Gasteiger partial charge in [0.15, 0.2) is 5.96 Å². The molecular weight excluding hydrogens is 439 g/mol. The molecule has 1 aromatic carbocycles. The van der Waals surface area contributed by atoms with E-state index in [-0.39, 0.29) is 24.0 Å². The van der Waals surface area contributed by atoms with Crippen LogP contribution in [0, 0.1) is 0 Å². The highest BCUT2D eigenvalue weighted by atomic mass is 127. The Morgan fingerprint density at radius 3 is 2.62 bits per heavy atom. The maximum absolute atomic E-state index is 5.78. The molecule has 0 amide bonds. The molecule has 0 aliphatic rings. The second-order valence-electron chi connectivity index (χ2n) is 5.93. The molecule has 0 bridgehead atoms. The van der Waals surface area contributed by atoms with Crippen molar-refractivity contribution in [3.63, 3.8) is 0 Å². The summed E-state index contributed by atoms with van der Waals surface area (Å²) in [6.45, 7) is 8.30. The Balaban J connectivity index is 0.00000338. The van der Waals surface area contributed by atoms with Crippen molar-refractivity contribution in [2.75, 3.05) is 6.54 Å². The van der Waals surface area contributed by atoms with Crippen LogP contribution < -0.4 is 15.4 Å². The highest BCUT2D eigenvalue weighted by molar-refractivity contribution is 14.0. The molecule has 0 saturated carbocycles. The Labute approximate surface area is 173 Å². The maximum atomic E-state index is 5.78. The molecule has 1 atom stereocenters. The van der Waals surface area contributed by atoms with E-state index in [1.807, 2.05) is 42.5 Å². The molecule has 1 unspecified atom stereocenters. The van der Waals surface area contributed by atoms with E-state index in [0.717, 1.165) is 30.1 Å². The average molecular weight is 468 g/mol. The van der Waals surface area contributed by atoms with Gasteiger partial charge in [-0.15, -0.1) is 24.0 Å². The summed E-state index contributed by atoms with van der Waals surface area (Å²) in [6.07, 6.45) is 2.82. The van der Waals surface area contributed by atoms with Gasteiger partial charge in [0, 0.05) is 24.8 Å². The van der Waals surface area contributed by atoms with Gasteiger partial charge in [-0.2, -0.15) is 0 Å². The van der Waals surface area contributed by atoms with Crippen molar-refractivity contribution in [1.29, 1.82) is 0 Å². The van der Waals surface area contributed by atoms with E-state index in [2.05, 4.69) is 41.4 Å². The van der Waals surface area contributed by atoms with Crippen LogP contribution >= 0.6 is 24.0 Å². The molecule has 0 radical (unpaired) electrons. The SMILES string of the molecule is CCNC(=NCc1ccnc(OCc2ccccc2)c1)NC(C)CC.I. The number of hydrogen-bond donors (Lipinski definition) is 2. The first-order valence-electron chi connectivity index (χ1n) is 8.87. The third-order valence-corrected chi connectivity index (χ3v) is 3.79. The molecular formula is C20H29IN4O. The first-order chi connectivity index (χ1) is 12.2. The molecule has 2 aromatic rings. The van der Waals surface area contributed by atoms with Crippen molar-refractivity contribution in [3.05, 3.63) is 59.8 Å². The fraction of sp³-hybridized carbons (Fsp3) is 0.400. The number of aromatic nitrogens is 1. The van der Waals surface area contributed by atoms with Crippen LogP contribution in [0.15, 0.2) is 53.7 Å². The minimum atomic E-state index is 0. The molecule has 0 aliphatic heterocycles. The Kier molecular flexibility index (Phi) is 10.7. The van der Waals surface area contributed by atoms with Gasteiger partial charge in [0.05, 0.1) is 6.54 Å². The summed E-state index contributed by atoms with van der Waals surface area (Å²) in [5.74, 6) is 1.46. The molecule has 2 rings (SSSR count). The van der Waals surface area contributed by atoms with Crippen LogP contribution in [0.4, 0.5) is 0 Å². The molecule has 2 N–H and O–H groups in total. The topological polar surface area (TPSA) is 58.5 Å². The predicted molar refractivity (Wildman–Crippen MR) is 118 cm³/mol. The van der Waals surface area contributed by atoms with Crippen LogP contribution in [0.3, 0.4) is 0 Å². The van der Waals surface area contributed by atoms with Gasteiger partial charge in [0.2, 0.25) is 5.88 Å². The van der Waals surface area contributed by atoms with E-state index in [0.29, 0.717) is 25.1 Å². The van der Waals surface area contributed by atoms with Crippen LogP contribution in [0.5, 0.6) is 5.88 Å². The summed E-state index contributed by atoms with van der Waals surface area (Å²) >= 11 is 0. The van der Waals surface area contributed by atoms with Crippen molar-refractivity contribution < 1.29 is 4.74 Å². The van der Waals surface area contributed by atoms with Gasteiger partial charge >= 0.3 is 0 Å². The average Bonchev–Trinajstić information content (AvgIpc) is 2.65. The van der Waals surface area contributed by atoms with Gasteiger partial charge in [-0.3, -0.25) is 0 Å².